The number of halogens is 1. The molecule has 0 aromatic heterocycles. The number of carbonyl (C=O) groups excluding carboxylic acids is 1. The van der Waals surface area contributed by atoms with Crippen molar-refractivity contribution in [1.82, 2.24) is 0 Å². The standard InChI is InChI=1S/C17H17FN2O/c1-17(2)11-20(15-6-4-3-5-14(15)19-17)16(21)12-7-9-13(18)10-8-12/h3-10,19H,11H2,1-2H3. The van der Waals surface area contributed by atoms with E-state index < -0.39 is 0 Å². The highest BCUT2D eigenvalue weighted by Crippen LogP contribution is 2.34. The van der Waals surface area contributed by atoms with Gasteiger partial charge in [-0.3, -0.25) is 4.79 Å². The lowest BCUT2D eigenvalue weighted by atomic mass is 9.98. The Balaban J connectivity index is 2.01. The van der Waals surface area contributed by atoms with Crippen molar-refractivity contribution in [1.29, 1.82) is 0 Å². The summed E-state index contributed by atoms with van der Waals surface area (Å²) in [6.07, 6.45) is 0. The molecule has 2 aromatic carbocycles. The van der Waals surface area contributed by atoms with Crippen LogP contribution in [0.15, 0.2) is 48.5 Å². The van der Waals surface area contributed by atoms with E-state index in [2.05, 4.69) is 5.32 Å². The van der Waals surface area contributed by atoms with E-state index in [1.807, 2.05) is 38.1 Å². The third kappa shape index (κ3) is 2.61. The van der Waals surface area contributed by atoms with Crippen LogP contribution in [-0.4, -0.2) is 18.0 Å². The first kappa shape index (κ1) is 13.6. The smallest absolute Gasteiger partial charge is 0.258 e. The van der Waals surface area contributed by atoms with Crippen LogP contribution in [0.25, 0.3) is 0 Å². The van der Waals surface area contributed by atoms with Gasteiger partial charge in [-0.2, -0.15) is 0 Å². The summed E-state index contributed by atoms with van der Waals surface area (Å²) >= 11 is 0. The first-order valence-electron chi connectivity index (χ1n) is 6.91. The Hall–Kier alpha value is -2.36. The fourth-order valence-corrected chi connectivity index (χ4v) is 2.63. The van der Waals surface area contributed by atoms with Crippen LogP contribution in [-0.2, 0) is 0 Å². The molecule has 0 spiro atoms. The Morgan fingerprint density at radius 3 is 2.52 bits per heavy atom. The lowest BCUT2D eigenvalue weighted by molar-refractivity contribution is 0.0981. The summed E-state index contributed by atoms with van der Waals surface area (Å²) in [6.45, 7) is 4.65. The highest BCUT2D eigenvalue weighted by molar-refractivity contribution is 6.08. The fraction of sp³-hybridized carbons (Fsp3) is 0.235. The van der Waals surface area contributed by atoms with Crippen molar-refractivity contribution >= 4 is 17.3 Å². The number of nitrogens with zero attached hydrogens (tertiary/aromatic N) is 1. The molecular weight excluding hydrogens is 267 g/mol. The van der Waals surface area contributed by atoms with E-state index >= 15 is 0 Å². The predicted molar refractivity (Wildman–Crippen MR) is 82.2 cm³/mol. The lowest BCUT2D eigenvalue weighted by Crippen LogP contribution is -2.50. The molecule has 4 heteroatoms. The molecule has 1 N–H and O–H groups in total. The SMILES string of the molecule is CC1(C)CN(C(=O)c2ccc(F)cc2)c2ccccc2N1. The number of benzene rings is 2. The molecule has 0 radical (unpaired) electrons. The summed E-state index contributed by atoms with van der Waals surface area (Å²) in [7, 11) is 0. The van der Waals surface area contributed by atoms with Gasteiger partial charge < -0.3 is 10.2 Å². The van der Waals surface area contributed by atoms with Crippen molar-refractivity contribution in [3.63, 3.8) is 0 Å². The average molecular weight is 284 g/mol. The normalized spacial score (nSPS) is 16.0. The van der Waals surface area contributed by atoms with Crippen LogP contribution < -0.4 is 10.2 Å². The van der Waals surface area contributed by atoms with Crippen LogP contribution in [0.4, 0.5) is 15.8 Å². The molecule has 2 aromatic rings. The Labute approximate surface area is 123 Å². The summed E-state index contributed by atoms with van der Waals surface area (Å²) < 4.78 is 13.0. The summed E-state index contributed by atoms with van der Waals surface area (Å²) in [4.78, 5) is 14.5. The van der Waals surface area contributed by atoms with Gasteiger partial charge >= 0.3 is 0 Å². The molecule has 1 amide bonds. The maximum absolute atomic E-state index is 13.0. The van der Waals surface area contributed by atoms with Gasteiger partial charge in [-0.1, -0.05) is 12.1 Å². The van der Waals surface area contributed by atoms with Crippen LogP contribution in [0.5, 0.6) is 0 Å². The minimum absolute atomic E-state index is 0.114. The predicted octanol–water partition coefficient (Wildman–Crippen LogP) is 3.68. The van der Waals surface area contributed by atoms with E-state index in [4.69, 9.17) is 0 Å². The molecular formula is C17H17FN2O. The van der Waals surface area contributed by atoms with Crippen molar-refractivity contribution in [2.24, 2.45) is 0 Å². The largest absolute Gasteiger partial charge is 0.377 e. The number of nitrogens with one attached hydrogen (secondary N) is 1. The second-order valence-electron chi connectivity index (χ2n) is 5.92. The number of hydrogen-bond acceptors (Lipinski definition) is 2. The zero-order valence-corrected chi connectivity index (χ0v) is 12.1. The van der Waals surface area contributed by atoms with Gasteiger partial charge in [0.05, 0.1) is 11.4 Å². The van der Waals surface area contributed by atoms with Crippen LogP contribution in [0.1, 0.15) is 24.2 Å². The maximum Gasteiger partial charge on any atom is 0.258 e. The first-order chi connectivity index (χ1) is 9.96. The molecule has 0 atom stereocenters. The monoisotopic (exact) mass is 284 g/mol. The van der Waals surface area contributed by atoms with Crippen LogP contribution >= 0.6 is 0 Å². The van der Waals surface area contributed by atoms with E-state index in [0.717, 1.165) is 11.4 Å². The summed E-state index contributed by atoms with van der Waals surface area (Å²) in [6, 6.07) is 13.4. The van der Waals surface area contributed by atoms with E-state index in [-0.39, 0.29) is 17.3 Å². The van der Waals surface area contributed by atoms with E-state index in [9.17, 15) is 9.18 Å². The highest BCUT2D eigenvalue weighted by Gasteiger charge is 2.32. The van der Waals surface area contributed by atoms with Crippen molar-refractivity contribution in [2.75, 3.05) is 16.8 Å². The molecule has 0 bridgehead atoms. The minimum Gasteiger partial charge on any atom is -0.377 e. The summed E-state index contributed by atoms with van der Waals surface area (Å²) in [5.74, 6) is -0.454. The number of para-hydroxylation sites is 2. The average Bonchev–Trinajstić information content (AvgIpc) is 2.45. The van der Waals surface area contributed by atoms with E-state index in [1.165, 1.54) is 24.3 Å². The topological polar surface area (TPSA) is 32.3 Å². The van der Waals surface area contributed by atoms with Gasteiger partial charge in [-0.05, 0) is 50.2 Å². The molecule has 21 heavy (non-hydrogen) atoms. The number of fused-ring (bicyclic) bond motifs is 1. The molecule has 0 saturated heterocycles. The van der Waals surface area contributed by atoms with Gasteiger partial charge in [-0.15, -0.1) is 0 Å². The van der Waals surface area contributed by atoms with E-state index in [0.29, 0.717) is 12.1 Å². The number of carbonyl (C=O) groups is 1. The number of hydrogen-bond donors (Lipinski definition) is 1. The fourth-order valence-electron chi connectivity index (χ4n) is 2.63. The van der Waals surface area contributed by atoms with Gasteiger partial charge in [0.25, 0.3) is 5.91 Å². The maximum atomic E-state index is 13.0. The molecule has 0 aliphatic carbocycles. The highest BCUT2D eigenvalue weighted by atomic mass is 19.1. The first-order valence-corrected chi connectivity index (χ1v) is 6.91. The van der Waals surface area contributed by atoms with Crippen molar-refractivity contribution < 1.29 is 9.18 Å². The van der Waals surface area contributed by atoms with Gasteiger partial charge in [0, 0.05) is 17.6 Å². The quantitative estimate of drug-likeness (QED) is 0.866. The molecule has 1 aliphatic heterocycles. The molecule has 0 unspecified atom stereocenters. The molecule has 1 aliphatic rings. The second kappa shape index (κ2) is 4.88. The van der Waals surface area contributed by atoms with Crippen LogP contribution in [0, 0.1) is 5.82 Å². The summed E-state index contributed by atoms with van der Waals surface area (Å²) in [5, 5.41) is 3.43. The molecule has 3 rings (SSSR count). The van der Waals surface area contributed by atoms with Crippen LogP contribution in [0.2, 0.25) is 0 Å². The molecule has 0 fully saturated rings. The third-order valence-electron chi connectivity index (χ3n) is 3.56. The summed E-state index contributed by atoms with van der Waals surface area (Å²) in [5.41, 5.74) is 2.06. The van der Waals surface area contributed by atoms with Gasteiger partial charge in [-0.25, -0.2) is 4.39 Å². The van der Waals surface area contributed by atoms with Gasteiger partial charge in [0.1, 0.15) is 5.82 Å². The Kier molecular flexibility index (Phi) is 3.16. The van der Waals surface area contributed by atoms with Gasteiger partial charge in [0.2, 0.25) is 0 Å². The molecule has 0 saturated carbocycles. The zero-order valence-electron chi connectivity index (χ0n) is 12.1. The molecule has 3 nitrogen and oxygen atoms in total. The minimum atomic E-state index is -0.340. The Morgan fingerprint density at radius 2 is 1.81 bits per heavy atom. The molecule has 108 valence electrons. The zero-order chi connectivity index (χ0) is 15.0. The molecule has 1 heterocycles. The lowest BCUT2D eigenvalue weighted by Gasteiger charge is -2.40. The number of amides is 1. The second-order valence-corrected chi connectivity index (χ2v) is 5.92. The Bertz CT molecular complexity index is 679. The van der Waals surface area contributed by atoms with Crippen molar-refractivity contribution in [3.05, 3.63) is 59.9 Å². The number of anilines is 2. The van der Waals surface area contributed by atoms with Crippen LogP contribution in [0.3, 0.4) is 0 Å². The third-order valence-corrected chi connectivity index (χ3v) is 3.56. The van der Waals surface area contributed by atoms with Gasteiger partial charge in [0.15, 0.2) is 0 Å². The van der Waals surface area contributed by atoms with Crippen molar-refractivity contribution in [3.8, 4) is 0 Å². The van der Waals surface area contributed by atoms with Crippen molar-refractivity contribution in [2.45, 2.75) is 19.4 Å². The van der Waals surface area contributed by atoms with E-state index in [1.54, 1.807) is 4.90 Å². The Morgan fingerprint density at radius 1 is 1.14 bits per heavy atom. The number of rotatable bonds is 1.